The van der Waals surface area contributed by atoms with E-state index in [0.29, 0.717) is 5.69 Å². The molecule has 0 saturated heterocycles. The summed E-state index contributed by atoms with van der Waals surface area (Å²) in [4.78, 5) is 24.1. The number of hydrogen-bond donors (Lipinski definition) is 2. The molecule has 0 spiro atoms. The largest absolute Gasteiger partial charge is 0.333 e. The van der Waals surface area contributed by atoms with Crippen LogP contribution in [0.1, 0.15) is 67.9 Å². The van der Waals surface area contributed by atoms with Gasteiger partial charge in [0.15, 0.2) is 5.78 Å². The summed E-state index contributed by atoms with van der Waals surface area (Å²) >= 11 is 6.67. The molecule has 30 heavy (non-hydrogen) atoms. The number of nitrogens with one attached hydrogen (secondary N) is 2. The lowest BCUT2D eigenvalue weighted by Crippen LogP contribution is -2.35. The third-order valence-corrected chi connectivity index (χ3v) is 7.28. The molecule has 0 aromatic heterocycles. The van der Waals surface area contributed by atoms with Gasteiger partial charge in [-0.15, -0.1) is 0 Å². The monoisotopic (exact) mass is 558 g/mol. The Kier molecular flexibility index (Phi) is 7.87. The zero-order valence-electron chi connectivity index (χ0n) is 17.3. The Hall–Kier alpha value is -1.71. The van der Waals surface area contributed by atoms with Crippen molar-refractivity contribution in [1.29, 1.82) is 0 Å². The molecule has 2 N–H and O–H groups in total. The van der Waals surface area contributed by atoms with E-state index in [0.717, 1.165) is 15.6 Å². The molecule has 6 nitrogen and oxygen atoms in total. The van der Waals surface area contributed by atoms with E-state index in [1.54, 1.807) is 0 Å². The van der Waals surface area contributed by atoms with Gasteiger partial charge in [-0.1, -0.05) is 49.7 Å². The Balaban J connectivity index is 2.41. The Bertz CT molecular complexity index is 1070. The lowest BCUT2D eigenvalue weighted by Gasteiger charge is -2.21. The van der Waals surface area contributed by atoms with Gasteiger partial charge in [-0.3, -0.25) is 4.79 Å². The average molecular weight is 560 g/mol. The van der Waals surface area contributed by atoms with Crippen LogP contribution in [0.4, 0.5) is 10.5 Å². The van der Waals surface area contributed by atoms with Crippen LogP contribution < -0.4 is 10.0 Å². The first-order valence-corrected chi connectivity index (χ1v) is 12.4. The van der Waals surface area contributed by atoms with Crippen molar-refractivity contribution in [3.63, 3.8) is 0 Å². The molecule has 162 valence electrons. The minimum atomic E-state index is -4.21. The van der Waals surface area contributed by atoms with Crippen molar-refractivity contribution in [1.82, 2.24) is 4.72 Å². The zero-order chi connectivity index (χ0) is 22.8. The minimum absolute atomic E-state index is 0.105. The van der Waals surface area contributed by atoms with E-state index in [-0.39, 0.29) is 32.6 Å². The molecular formula is C21H24Br2N2O4S. The molecule has 0 radical (unpaired) electrons. The first kappa shape index (κ1) is 24.6. The summed E-state index contributed by atoms with van der Waals surface area (Å²) in [5, 5.41) is 2.72. The number of benzene rings is 2. The van der Waals surface area contributed by atoms with Crippen molar-refractivity contribution >= 4 is 59.4 Å². The third kappa shape index (κ3) is 5.70. The normalized spacial score (nSPS) is 11.6. The summed E-state index contributed by atoms with van der Waals surface area (Å²) in [6, 6.07) is 7.16. The average Bonchev–Trinajstić information content (AvgIpc) is 2.61. The van der Waals surface area contributed by atoms with Gasteiger partial charge in [0.1, 0.15) is 4.90 Å². The van der Waals surface area contributed by atoms with Crippen LogP contribution in [0.2, 0.25) is 0 Å². The summed E-state index contributed by atoms with van der Waals surface area (Å²) in [6.45, 7) is 9.33. The molecule has 0 aliphatic heterocycles. The van der Waals surface area contributed by atoms with Crippen molar-refractivity contribution in [2.75, 3.05) is 5.32 Å². The number of urea groups is 1. The zero-order valence-corrected chi connectivity index (χ0v) is 21.3. The van der Waals surface area contributed by atoms with E-state index in [4.69, 9.17) is 0 Å². The van der Waals surface area contributed by atoms with Gasteiger partial charge in [0.05, 0.1) is 0 Å². The minimum Gasteiger partial charge on any atom is -0.307 e. The predicted molar refractivity (Wildman–Crippen MR) is 126 cm³/mol. The molecule has 0 aliphatic carbocycles. The van der Waals surface area contributed by atoms with Gasteiger partial charge in [-0.2, -0.15) is 0 Å². The van der Waals surface area contributed by atoms with Crippen LogP contribution in [-0.4, -0.2) is 20.2 Å². The second-order valence-electron chi connectivity index (χ2n) is 7.53. The van der Waals surface area contributed by atoms with Crippen molar-refractivity contribution in [2.45, 2.75) is 51.3 Å². The number of carbonyl (C=O) groups excluding carboxylic acids is 2. The second kappa shape index (κ2) is 9.62. The SMILES string of the molecule is CC(=O)c1ccc(Br)c(S(=O)(=O)NC(=O)Nc2c(C(C)C)cc(Br)cc2C(C)C)c1. The van der Waals surface area contributed by atoms with Crippen molar-refractivity contribution < 1.29 is 18.0 Å². The van der Waals surface area contributed by atoms with E-state index in [9.17, 15) is 18.0 Å². The van der Waals surface area contributed by atoms with Crippen molar-refractivity contribution in [2.24, 2.45) is 0 Å². The van der Waals surface area contributed by atoms with Gasteiger partial charge in [0, 0.05) is 20.2 Å². The summed E-state index contributed by atoms with van der Waals surface area (Å²) in [5.41, 5.74) is 2.60. The second-order valence-corrected chi connectivity index (χ2v) is 11.0. The first-order chi connectivity index (χ1) is 13.8. The smallest absolute Gasteiger partial charge is 0.307 e. The van der Waals surface area contributed by atoms with E-state index < -0.39 is 16.1 Å². The molecule has 0 bridgehead atoms. The highest BCUT2D eigenvalue weighted by molar-refractivity contribution is 9.10. The van der Waals surface area contributed by atoms with Crippen LogP contribution in [0, 0.1) is 0 Å². The lowest BCUT2D eigenvalue weighted by atomic mass is 9.93. The van der Waals surface area contributed by atoms with Gasteiger partial charge in [0.25, 0.3) is 10.0 Å². The number of amides is 2. The summed E-state index contributed by atoms with van der Waals surface area (Å²) in [5.74, 6) is -0.0667. The van der Waals surface area contributed by atoms with Crippen molar-refractivity contribution in [3.05, 3.63) is 56.0 Å². The highest BCUT2D eigenvalue weighted by Gasteiger charge is 2.24. The van der Waals surface area contributed by atoms with Crippen LogP contribution in [0.25, 0.3) is 0 Å². The van der Waals surface area contributed by atoms with E-state index in [1.165, 1.54) is 25.1 Å². The highest BCUT2D eigenvalue weighted by atomic mass is 79.9. The Morgan fingerprint density at radius 2 is 1.47 bits per heavy atom. The molecule has 2 aromatic rings. The number of sulfonamides is 1. The van der Waals surface area contributed by atoms with Gasteiger partial charge >= 0.3 is 6.03 Å². The molecule has 2 amide bonds. The molecule has 0 aliphatic rings. The maximum absolute atomic E-state index is 12.8. The van der Waals surface area contributed by atoms with Gasteiger partial charge in [-0.25, -0.2) is 17.9 Å². The van der Waals surface area contributed by atoms with Gasteiger partial charge in [-0.05, 0) is 70.1 Å². The van der Waals surface area contributed by atoms with Crippen LogP contribution >= 0.6 is 31.9 Å². The number of Topliss-reactive ketones (excluding diaryl/α,β-unsaturated/α-hetero) is 1. The van der Waals surface area contributed by atoms with Gasteiger partial charge < -0.3 is 5.32 Å². The van der Waals surface area contributed by atoms with Crippen LogP contribution in [0.15, 0.2) is 44.2 Å². The van der Waals surface area contributed by atoms with Crippen LogP contribution in [-0.2, 0) is 10.0 Å². The van der Waals surface area contributed by atoms with Crippen LogP contribution in [0.5, 0.6) is 0 Å². The quantitative estimate of drug-likeness (QED) is 0.414. The molecule has 2 aromatic carbocycles. The predicted octanol–water partition coefficient (Wildman–Crippen LogP) is 6.17. The molecular weight excluding hydrogens is 536 g/mol. The summed E-state index contributed by atoms with van der Waals surface area (Å²) in [7, 11) is -4.21. The third-order valence-electron chi connectivity index (χ3n) is 4.50. The van der Waals surface area contributed by atoms with Crippen LogP contribution in [0.3, 0.4) is 0 Å². The Morgan fingerprint density at radius 1 is 0.933 bits per heavy atom. The molecule has 2 rings (SSSR count). The molecule has 0 atom stereocenters. The number of rotatable bonds is 6. The summed E-state index contributed by atoms with van der Waals surface area (Å²) < 4.78 is 28.8. The fraction of sp³-hybridized carbons (Fsp3) is 0.333. The molecule has 0 heterocycles. The number of halogens is 2. The fourth-order valence-electron chi connectivity index (χ4n) is 2.95. The number of carbonyl (C=O) groups is 2. The molecule has 0 unspecified atom stereocenters. The number of anilines is 1. The summed E-state index contributed by atoms with van der Waals surface area (Å²) in [6.07, 6.45) is 0. The first-order valence-electron chi connectivity index (χ1n) is 9.31. The Morgan fingerprint density at radius 3 is 1.93 bits per heavy atom. The Labute approximate surface area is 194 Å². The molecule has 0 saturated carbocycles. The molecule has 0 fully saturated rings. The number of ketones is 1. The van der Waals surface area contributed by atoms with E-state index in [2.05, 4.69) is 37.2 Å². The lowest BCUT2D eigenvalue weighted by molar-refractivity contribution is 0.101. The maximum Gasteiger partial charge on any atom is 0.333 e. The van der Waals surface area contributed by atoms with E-state index >= 15 is 0 Å². The maximum atomic E-state index is 12.8. The standard InChI is InChI=1S/C21H24Br2N2O4S/c1-11(2)16-9-15(22)10-17(12(3)4)20(16)24-21(27)25-30(28,29)19-8-14(13(5)26)6-7-18(19)23/h6-12H,1-5H3,(H2,24,25,27). The van der Waals surface area contributed by atoms with Crippen molar-refractivity contribution in [3.8, 4) is 0 Å². The highest BCUT2D eigenvalue weighted by Crippen LogP contribution is 2.35. The number of hydrogen-bond acceptors (Lipinski definition) is 4. The van der Waals surface area contributed by atoms with E-state index in [1.807, 2.05) is 44.5 Å². The fourth-order valence-corrected chi connectivity index (χ4v) is 5.34. The van der Waals surface area contributed by atoms with Gasteiger partial charge in [0.2, 0.25) is 0 Å². The topological polar surface area (TPSA) is 92.3 Å². The molecule has 9 heteroatoms.